The van der Waals surface area contributed by atoms with Gasteiger partial charge < -0.3 is 19.5 Å². The summed E-state index contributed by atoms with van der Waals surface area (Å²) in [7, 11) is 1.53. The van der Waals surface area contributed by atoms with Gasteiger partial charge in [-0.15, -0.1) is 0 Å². The molecule has 1 aliphatic rings. The van der Waals surface area contributed by atoms with Gasteiger partial charge in [0.1, 0.15) is 5.69 Å². The summed E-state index contributed by atoms with van der Waals surface area (Å²) in [5, 5.41) is 17.9. The van der Waals surface area contributed by atoms with Gasteiger partial charge in [-0.3, -0.25) is 15.5 Å². The highest BCUT2D eigenvalue weighted by Crippen LogP contribution is 2.41. The van der Waals surface area contributed by atoms with E-state index in [1.165, 1.54) is 19.4 Å². The quantitative estimate of drug-likeness (QED) is 0.356. The third-order valence-corrected chi connectivity index (χ3v) is 3.60. The number of nitro groups is 1. The Bertz CT molecular complexity index is 887. The van der Waals surface area contributed by atoms with Crippen LogP contribution in [0.5, 0.6) is 17.2 Å². The normalized spacial score (nSPS) is 12.0. The first-order chi connectivity index (χ1) is 12.6. The molecule has 0 radical (unpaired) electrons. The average molecular weight is 374 g/mol. The van der Waals surface area contributed by atoms with Crippen LogP contribution in [-0.4, -0.2) is 30.2 Å². The molecule has 10 heteroatoms. The minimum atomic E-state index is -0.493. The fraction of sp³-hybridized carbons (Fsp3) is 0.125. The maximum atomic E-state index is 11.0. The smallest absolute Gasteiger partial charge is 0.292 e. The fourth-order valence-corrected chi connectivity index (χ4v) is 2.44. The molecule has 2 aromatic rings. The molecule has 2 aromatic carbocycles. The van der Waals surface area contributed by atoms with Crippen LogP contribution in [0.1, 0.15) is 5.56 Å². The second kappa shape index (κ2) is 7.66. The zero-order valence-electron chi connectivity index (χ0n) is 13.6. The maximum absolute atomic E-state index is 11.0. The van der Waals surface area contributed by atoms with Crippen LogP contribution in [-0.2, 0) is 0 Å². The van der Waals surface area contributed by atoms with E-state index in [2.05, 4.69) is 15.8 Å². The Balaban J connectivity index is 1.66. The Morgan fingerprint density at radius 3 is 2.96 bits per heavy atom. The van der Waals surface area contributed by atoms with Crippen molar-refractivity contribution in [3.8, 4) is 17.2 Å². The second-order valence-electron chi connectivity index (χ2n) is 5.06. The molecule has 0 aliphatic carbocycles. The number of methoxy groups -OCH3 is 1. The van der Waals surface area contributed by atoms with Crippen LogP contribution in [0.3, 0.4) is 0 Å². The van der Waals surface area contributed by atoms with Gasteiger partial charge in [0.25, 0.3) is 5.69 Å². The minimum Gasteiger partial charge on any atom is -0.493 e. The van der Waals surface area contributed by atoms with Crippen LogP contribution in [0.2, 0.25) is 0 Å². The number of benzene rings is 2. The minimum absolute atomic E-state index is 0.0823. The molecule has 0 saturated heterocycles. The van der Waals surface area contributed by atoms with Crippen molar-refractivity contribution in [2.75, 3.05) is 19.2 Å². The number of ether oxygens (including phenoxy) is 3. The van der Waals surface area contributed by atoms with E-state index < -0.39 is 4.92 Å². The molecule has 26 heavy (non-hydrogen) atoms. The number of hydrazone groups is 1. The molecule has 0 fully saturated rings. The molecule has 1 heterocycles. The Hall–Kier alpha value is -3.40. The Morgan fingerprint density at radius 2 is 2.19 bits per heavy atom. The number of hydrogen-bond donors (Lipinski definition) is 2. The maximum Gasteiger partial charge on any atom is 0.292 e. The van der Waals surface area contributed by atoms with E-state index in [1.54, 1.807) is 30.3 Å². The first kappa shape index (κ1) is 17.4. The Labute approximate surface area is 153 Å². The van der Waals surface area contributed by atoms with Crippen molar-refractivity contribution in [3.05, 3.63) is 52.1 Å². The van der Waals surface area contributed by atoms with Crippen LogP contribution >= 0.6 is 12.2 Å². The van der Waals surface area contributed by atoms with Gasteiger partial charge in [0.15, 0.2) is 16.6 Å². The second-order valence-corrected chi connectivity index (χ2v) is 5.46. The molecule has 0 spiro atoms. The van der Waals surface area contributed by atoms with Crippen LogP contribution in [0.25, 0.3) is 0 Å². The molecule has 134 valence electrons. The predicted molar refractivity (Wildman–Crippen MR) is 99.2 cm³/mol. The van der Waals surface area contributed by atoms with E-state index in [1.807, 2.05) is 0 Å². The number of nitro benzene ring substituents is 1. The standard InChI is InChI=1S/C16H14N4O5S/c1-23-13-6-10(7-14-15(13)25-9-24-14)8-17-19-16(26)18-11-4-2-3-5-12(11)20(21)22/h2-8H,9H2,1H3,(H2,18,19,26)/b17-8-. The van der Waals surface area contributed by atoms with Crippen molar-refractivity contribution >= 4 is 34.9 Å². The monoisotopic (exact) mass is 374 g/mol. The summed E-state index contributed by atoms with van der Waals surface area (Å²) < 4.78 is 15.9. The lowest BCUT2D eigenvalue weighted by atomic mass is 10.2. The molecular weight excluding hydrogens is 360 g/mol. The Kier molecular flexibility index (Phi) is 5.13. The van der Waals surface area contributed by atoms with Gasteiger partial charge in [0.2, 0.25) is 12.5 Å². The molecule has 9 nitrogen and oxygen atoms in total. The molecular formula is C16H14N4O5S. The van der Waals surface area contributed by atoms with Crippen LogP contribution in [0, 0.1) is 10.1 Å². The molecule has 0 saturated carbocycles. The summed E-state index contributed by atoms with van der Waals surface area (Å²) in [5.41, 5.74) is 3.50. The molecule has 0 aromatic heterocycles. The number of fused-ring (bicyclic) bond motifs is 1. The predicted octanol–water partition coefficient (Wildman–Crippen LogP) is 2.65. The summed E-state index contributed by atoms with van der Waals surface area (Å²) >= 11 is 5.10. The van der Waals surface area contributed by atoms with Crippen LogP contribution < -0.4 is 25.0 Å². The van der Waals surface area contributed by atoms with Crippen molar-refractivity contribution in [1.29, 1.82) is 0 Å². The van der Waals surface area contributed by atoms with Crippen molar-refractivity contribution < 1.29 is 19.1 Å². The van der Waals surface area contributed by atoms with E-state index in [9.17, 15) is 10.1 Å². The van der Waals surface area contributed by atoms with Gasteiger partial charge in [-0.2, -0.15) is 5.10 Å². The number of nitrogens with zero attached hydrogens (tertiary/aromatic N) is 2. The third kappa shape index (κ3) is 3.81. The zero-order valence-corrected chi connectivity index (χ0v) is 14.4. The van der Waals surface area contributed by atoms with E-state index in [4.69, 9.17) is 26.4 Å². The van der Waals surface area contributed by atoms with Crippen LogP contribution in [0.15, 0.2) is 41.5 Å². The summed E-state index contributed by atoms with van der Waals surface area (Å²) in [6.07, 6.45) is 1.51. The molecule has 0 bridgehead atoms. The van der Waals surface area contributed by atoms with Gasteiger partial charge in [0.05, 0.1) is 18.2 Å². The van der Waals surface area contributed by atoms with E-state index in [-0.39, 0.29) is 23.3 Å². The van der Waals surface area contributed by atoms with Crippen molar-refractivity contribution in [3.63, 3.8) is 0 Å². The largest absolute Gasteiger partial charge is 0.493 e. The van der Waals surface area contributed by atoms with Crippen molar-refractivity contribution in [2.24, 2.45) is 5.10 Å². The van der Waals surface area contributed by atoms with Gasteiger partial charge in [-0.05, 0) is 30.4 Å². The summed E-state index contributed by atoms with van der Waals surface area (Å²) in [5.74, 6) is 1.64. The lowest BCUT2D eigenvalue weighted by molar-refractivity contribution is -0.383. The van der Waals surface area contributed by atoms with Gasteiger partial charge in [0, 0.05) is 11.6 Å². The van der Waals surface area contributed by atoms with Gasteiger partial charge in [-0.1, -0.05) is 12.1 Å². The number of nitrogens with one attached hydrogen (secondary N) is 2. The fourth-order valence-electron chi connectivity index (χ4n) is 2.28. The number of rotatable bonds is 5. The summed E-state index contributed by atoms with van der Waals surface area (Å²) in [6, 6.07) is 9.66. The molecule has 2 N–H and O–H groups in total. The van der Waals surface area contributed by atoms with Crippen LogP contribution in [0.4, 0.5) is 11.4 Å². The van der Waals surface area contributed by atoms with E-state index in [0.717, 1.165) is 0 Å². The summed E-state index contributed by atoms with van der Waals surface area (Å²) in [4.78, 5) is 10.5. The highest BCUT2D eigenvalue weighted by molar-refractivity contribution is 7.80. The third-order valence-electron chi connectivity index (χ3n) is 3.41. The number of hydrogen-bond acceptors (Lipinski definition) is 7. The lowest BCUT2D eigenvalue weighted by Crippen LogP contribution is -2.24. The molecule has 0 atom stereocenters. The topological polar surface area (TPSA) is 107 Å². The number of anilines is 1. The number of thiocarbonyl (C=S) groups is 1. The SMILES string of the molecule is COc1cc(/C=N\NC(=S)Nc2ccccc2[N+](=O)[O-])cc2c1OCO2. The zero-order chi connectivity index (χ0) is 18.5. The first-order valence-corrected chi connectivity index (χ1v) is 7.80. The van der Waals surface area contributed by atoms with Gasteiger partial charge >= 0.3 is 0 Å². The molecule has 0 amide bonds. The Morgan fingerprint density at radius 1 is 1.38 bits per heavy atom. The van der Waals surface area contributed by atoms with Crippen molar-refractivity contribution in [1.82, 2.24) is 5.43 Å². The molecule has 0 unspecified atom stereocenters. The lowest BCUT2D eigenvalue weighted by Gasteiger charge is -2.07. The van der Waals surface area contributed by atoms with Gasteiger partial charge in [-0.25, -0.2) is 0 Å². The van der Waals surface area contributed by atoms with Crippen molar-refractivity contribution in [2.45, 2.75) is 0 Å². The highest BCUT2D eigenvalue weighted by Gasteiger charge is 2.19. The van der Waals surface area contributed by atoms with E-state index in [0.29, 0.717) is 22.8 Å². The average Bonchev–Trinajstić information content (AvgIpc) is 3.10. The number of para-hydroxylation sites is 2. The molecule has 1 aliphatic heterocycles. The molecule has 3 rings (SSSR count). The first-order valence-electron chi connectivity index (χ1n) is 7.39. The highest BCUT2D eigenvalue weighted by atomic mass is 32.1. The van der Waals surface area contributed by atoms with E-state index >= 15 is 0 Å². The summed E-state index contributed by atoms with van der Waals surface area (Å²) in [6.45, 7) is 0.133.